The highest BCUT2D eigenvalue weighted by molar-refractivity contribution is 7.89. The average molecular weight is 307 g/mol. The van der Waals surface area contributed by atoms with Gasteiger partial charge in [-0.1, -0.05) is 6.92 Å². The zero-order valence-corrected chi connectivity index (χ0v) is 12.6. The second kappa shape index (κ2) is 5.27. The molecule has 0 amide bonds. The summed E-state index contributed by atoms with van der Waals surface area (Å²) in [5.74, 6) is 0.572. The summed E-state index contributed by atoms with van der Waals surface area (Å²) < 4.78 is 31.8. The molecule has 0 aliphatic carbocycles. The molecule has 6 heteroatoms. The number of piperidine rings is 1. The Morgan fingerprint density at radius 1 is 1.14 bits per heavy atom. The van der Waals surface area contributed by atoms with Crippen molar-refractivity contribution in [3.63, 3.8) is 0 Å². The monoisotopic (exact) mass is 307 g/mol. The van der Waals surface area contributed by atoms with Gasteiger partial charge in [0.25, 0.3) is 0 Å². The van der Waals surface area contributed by atoms with Crippen LogP contribution in [-0.4, -0.2) is 25.8 Å². The molecule has 1 fully saturated rings. The maximum atomic E-state index is 12.6. The lowest BCUT2D eigenvalue weighted by Crippen LogP contribution is -2.37. The number of hydrogen-bond acceptors (Lipinski definition) is 4. The molecule has 2 heterocycles. The zero-order chi connectivity index (χ0) is 15.0. The number of hydrogen-bond donors (Lipinski definition) is 0. The Kier molecular flexibility index (Phi) is 3.59. The predicted octanol–water partition coefficient (Wildman–Crippen LogP) is 2.21. The number of nitrogens with zero attached hydrogens (tertiary/aromatic N) is 1. The third-order valence-corrected chi connectivity index (χ3v) is 5.87. The van der Waals surface area contributed by atoms with Gasteiger partial charge in [0, 0.05) is 24.5 Å². The molecule has 0 radical (unpaired) electrons. The molecule has 0 atom stereocenters. The summed E-state index contributed by atoms with van der Waals surface area (Å²) in [7, 11) is -3.47. The standard InChI is InChI=1S/C15H17NO4S/c1-11-6-8-16(9-7-11)21(18,19)13-3-4-14-12(10-13)2-5-15(17)20-14/h2-5,10-11H,6-9H2,1H3. The molecule has 1 saturated heterocycles. The fourth-order valence-electron chi connectivity index (χ4n) is 2.58. The SMILES string of the molecule is CC1CCN(S(=O)(=O)c2ccc3oc(=O)ccc3c2)CC1. The minimum Gasteiger partial charge on any atom is -0.423 e. The Morgan fingerprint density at radius 2 is 1.86 bits per heavy atom. The highest BCUT2D eigenvalue weighted by atomic mass is 32.2. The van der Waals surface area contributed by atoms with E-state index in [1.54, 1.807) is 12.1 Å². The second-order valence-corrected chi connectivity index (χ2v) is 7.48. The molecule has 1 aromatic carbocycles. The van der Waals surface area contributed by atoms with Crippen molar-refractivity contribution in [1.82, 2.24) is 4.31 Å². The van der Waals surface area contributed by atoms with Crippen LogP contribution in [0.2, 0.25) is 0 Å². The first-order chi connectivity index (χ1) is 9.96. The van der Waals surface area contributed by atoms with Crippen LogP contribution in [0.5, 0.6) is 0 Å². The normalized spacial score (nSPS) is 18.1. The molecule has 0 spiro atoms. The summed E-state index contributed by atoms with van der Waals surface area (Å²) in [5.41, 5.74) is -0.0446. The van der Waals surface area contributed by atoms with Gasteiger partial charge in [0.05, 0.1) is 4.90 Å². The van der Waals surface area contributed by atoms with Gasteiger partial charge in [0.1, 0.15) is 5.58 Å². The van der Waals surface area contributed by atoms with Gasteiger partial charge in [-0.05, 0) is 43.0 Å². The summed E-state index contributed by atoms with van der Waals surface area (Å²) in [6.45, 7) is 3.26. The molecule has 0 N–H and O–H groups in total. The first-order valence-electron chi connectivity index (χ1n) is 7.01. The molecule has 1 aliphatic rings. The van der Waals surface area contributed by atoms with Gasteiger partial charge in [-0.3, -0.25) is 0 Å². The number of fused-ring (bicyclic) bond motifs is 1. The van der Waals surface area contributed by atoms with Crippen molar-refractivity contribution in [2.24, 2.45) is 5.92 Å². The van der Waals surface area contributed by atoms with E-state index in [0.717, 1.165) is 12.8 Å². The minimum atomic E-state index is -3.47. The fourth-order valence-corrected chi connectivity index (χ4v) is 4.09. The molecule has 0 bridgehead atoms. The van der Waals surface area contributed by atoms with E-state index in [0.29, 0.717) is 30.0 Å². The van der Waals surface area contributed by atoms with E-state index >= 15 is 0 Å². The molecule has 21 heavy (non-hydrogen) atoms. The highest BCUT2D eigenvalue weighted by Crippen LogP contribution is 2.25. The van der Waals surface area contributed by atoms with Crippen molar-refractivity contribution in [1.29, 1.82) is 0 Å². The molecule has 3 rings (SSSR count). The molecule has 1 aromatic heterocycles. The average Bonchev–Trinajstić information content (AvgIpc) is 2.47. The summed E-state index contributed by atoms with van der Waals surface area (Å²) in [5, 5.41) is 0.612. The van der Waals surface area contributed by atoms with Crippen LogP contribution in [0.1, 0.15) is 19.8 Å². The van der Waals surface area contributed by atoms with Gasteiger partial charge in [-0.2, -0.15) is 4.31 Å². The van der Waals surface area contributed by atoms with Crippen molar-refractivity contribution >= 4 is 21.0 Å². The number of sulfonamides is 1. The van der Waals surface area contributed by atoms with Gasteiger partial charge < -0.3 is 4.42 Å². The van der Waals surface area contributed by atoms with Crippen LogP contribution < -0.4 is 5.63 Å². The van der Waals surface area contributed by atoms with Crippen LogP contribution in [0.4, 0.5) is 0 Å². The van der Waals surface area contributed by atoms with Crippen LogP contribution in [0.3, 0.4) is 0 Å². The maximum Gasteiger partial charge on any atom is 0.336 e. The van der Waals surface area contributed by atoms with Crippen molar-refractivity contribution in [3.05, 3.63) is 40.8 Å². The van der Waals surface area contributed by atoms with Crippen LogP contribution in [-0.2, 0) is 10.0 Å². The van der Waals surface area contributed by atoms with E-state index in [2.05, 4.69) is 6.92 Å². The maximum absolute atomic E-state index is 12.6. The summed E-state index contributed by atoms with van der Waals surface area (Å²) >= 11 is 0. The van der Waals surface area contributed by atoms with Crippen LogP contribution in [0, 0.1) is 5.92 Å². The summed E-state index contributed by atoms with van der Waals surface area (Å²) in [6.07, 6.45) is 1.78. The molecule has 2 aromatic rings. The van der Waals surface area contributed by atoms with E-state index in [-0.39, 0.29) is 4.90 Å². The lowest BCUT2D eigenvalue weighted by Gasteiger charge is -2.29. The third kappa shape index (κ3) is 2.73. The Morgan fingerprint density at radius 3 is 2.57 bits per heavy atom. The Bertz CT molecular complexity index is 817. The first kappa shape index (κ1) is 14.3. The Hall–Kier alpha value is -1.66. The van der Waals surface area contributed by atoms with E-state index in [4.69, 9.17) is 4.42 Å². The van der Waals surface area contributed by atoms with Crippen molar-refractivity contribution in [3.8, 4) is 0 Å². The second-order valence-electron chi connectivity index (χ2n) is 5.54. The van der Waals surface area contributed by atoms with Crippen molar-refractivity contribution < 1.29 is 12.8 Å². The van der Waals surface area contributed by atoms with Gasteiger partial charge in [0.2, 0.25) is 10.0 Å². The van der Waals surface area contributed by atoms with E-state index in [1.807, 2.05) is 0 Å². The quantitative estimate of drug-likeness (QED) is 0.798. The van der Waals surface area contributed by atoms with E-state index < -0.39 is 15.6 Å². The van der Waals surface area contributed by atoms with Gasteiger partial charge in [-0.15, -0.1) is 0 Å². The summed E-state index contributed by atoms with van der Waals surface area (Å²) in [6, 6.07) is 7.47. The molecular weight excluding hydrogens is 290 g/mol. The molecule has 0 saturated carbocycles. The van der Waals surface area contributed by atoms with Crippen LogP contribution in [0.25, 0.3) is 11.0 Å². The largest absolute Gasteiger partial charge is 0.423 e. The zero-order valence-electron chi connectivity index (χ0n) is 11.8. The lowest BCUT2D eigenvalue weighted by molar-refractivity contribution is 0.288. The predicted molar refractivity (Wildman–Crippen MR) is 79.6 cm³/mol. The smallest absolute Gasteiger partial charge is 0.336 e. The topological polar surface area (TPSA) is 67.6 Å². The first-order valence-corrected chi connectivity index (χ1v) is 8.45. The molecule has 5 nitrogen and oxygen atoms in total. The number of benzene rings is 1. The van der Waals surface area contributed by atoms with Gasteiger partial charge >= 0.3 is 5.63 Å². The van der Waals surface area contributed by atoms with E-state index in [9.17, 15) is 13.2 Å². The Labute approximate surface area is 123 Å². The van der Waals surface area contributed by atoms with Gasteiger partial charge in [0.15, 0.2) is 0 Å². The summed E-state index contributed by atoms with van der Waals surface area (Å²) in [4.78, 5) is 11.4. The fraction of sp³-hybridized carbons (Fsp3) is 0.400. The van der Waals surface area contributed by atoms with Crippen LogP contribution in [0.15, 0.2) is 44.4 Å². The Balaban J connectivity index is 1.99. The number of rotatable bonds is 2. The lowest BCUT2D eigenvalue weighted by atomic mass is 10.0. The molecular formula is C15H17NO4S. The van der Waals surface area contributed by atoms with Crippen molar-refractivity contribution in [2.45, 2.75) is 24.7 Å². The van der Waals surface area contributed by atoms with Crippen LogP contribution >= 0.6 is 0 Å². The molecule has 112 valence electrons. The van der Waals surface area contributed by atoms with E-state index in [1.165, 1.54) is 22.5 Å². The molecule has 1 aliphatic heterocycles. The molecule has 0 unspecified atom stereocenters. The highest BCUT2D eigenvalue weighted by Gasteiger charge is 2.28. The minimum absolute atomic E-state index is 0.249. The van der Waals surface area contributed by atoms with Crippen molar-refractivity contribution in [2.75, 3.05) is 13.1 Å². The van der Waals surface area contributed by atoms with Gasteiger partial charge in [-0.25, -0.2) is 13.2 Å². The third-order valence-electron chi connectivity index (χ3n) is 3.97.